The van der Waals surface area contributed by atoms with Gasteiger partial charge in [-0.2, -0.15) is 0 Å². The van der Waals surface area contributed by atoms with Crippen LogP contribution in [0.5, 0.6) is 0 Å². The van der Waals surface area contributed by atoms with Gasteiger partial charge >= 0.3 is 0 Å². The average molecular weight is 371 g/mol. The molecule has 0 saturated heterocycles. The maximum absolute atomic E-state index is 8.70. The second-order valence-corrected chi connectivity index (χ2v) is 7.75. The van der Waals surface area contributed by atoms with E-state index in [0.717, 1.165) is 41.3 Å². The van der Waals surface area contributed by atoms with Gasteiger partial charge in [-0.05, 0) is 65.8 Å². The molecule has 0 unspecified atom stereocenters. The van der Waals surface area contributed by atoms with Crippen LogP contribution in [0.3, 0.4) is 0 Å². The molecule has 0 N–H and O–H groups in total. The molecule has 120 valence electrons. The molecule has 0 nitrogen and oxygen atoms in total. The molecule has 2 aliphatic rings. The van der Waals surface area contributed by atoms with Gasteiger partial charge in [-0.3, -0.25) is 0 Å². The fourth-order valence-electron chi connectivity index (χ4n) is 4.04. The summed E-state index contributed by atoms with van der Waals surface area (Å²) >= 11 is 3.73. The summed E-state index contributed by atoms with van der Waals surface area (Å²) in [5.41, 5.74) is 4.63. The minimum Gasteiger partial charge on any atom is -0.0581 e. The molecular formula is C22H25Br. The van der Waals surface area contributed by atoms with Crippen LogP contribution in [-0.2, 0) is 0 Å². The number of rotatable bonds is 3. The molecule has 2 aromatic rings. The van der Waals surface area contributed by atoms with E-state index in [9.17, 15) is 0 Å². The molecule has 0 amide bonds. The number of benzene rings is 2. The van der Waals surface area contributed by atoms with Crippen molar-refractivity contribution in [1.82, 2.24) is 0 Å². The molecule has 2 saturated carbocycles. The molecule has 0 bridgehead atoms. The van der Waals surface area contributed by atoms with Gasteiger partial charge in [-0.15, -0.1) is 0 Å². The smallest absolute Gasteiger partial charge is 0.0352 e. The SMILES string of the molecule is [2H]C1(c2ccc(-c3ccc(C4([2H])CCCC4)cc3Br)cc2)CCCC1. The maximum atomic E-state index is 8.70. The van der Waals surface area contributed by atoms with Gasteiger partial charge in [0.05, 0.1) is 0 Å². The molecule has 1 heteroatoms. The topological polar surface area (TPSA) is 0 Å². The van der Waals surface area contributed by atoms with Gasteiger partial charge in [0, 0.05) is 7.21 Å². The van der Waals surface area contributed by atoms with E-state index in [1.807, 2.05) is 0 Å². The van der Waals surface area contributed by atoms with Gasteiger partial charge in [-0.25, -0.2) is 0 Å². The summed E-state index contributed by atoms with van der Waals surface area (Å²) in [6.07, 6.45) is 8.59. The second kappa shape index (κ2) is 6.81. The van der Waals surface area contributed by atoms with Gasteiger partial charge in [0.1, 0.15) is 0 Å². The maximum Gasteiger partial charge on any atom is 0.0352 e. The fraction of sp³-hybridized carbons (Fsp3) is 0.455. The number of hydrogen-bond acceptors (Lipinski definition) is 0. The van der Waals surface area contributed by atoms with E-state index >= 15 is 0 Å². The van der Waals surface area contributed by atoms with Crippen molar-refractivity contribution in [3.05, 3.63) is 58.1 Å². The molecule has 4 rings (SSSR count). The van der Waals surface area contributed by atoms with Crippen molar-refractivity contribution in [2.24, 2.45) is 0 Å². The monoisotopic (exact) mass is 370 g/mol. The lowest BCUT2D eigenvalue weighted by Gasteiger charge is -2.14. The Labute approximate surface area is 151 Å². The van der Waals surface area contributed by atoms with Crippen LogP contribution in [0.4, 0.5) is 0 Å². The van der Waals surface area contributed by atoms with Crippen LogP contribution in [-0.4, -0.2) is 0 Å². The molecule has 0 aromatic heterocycles. The lowest BCUT2D eigenvalue weighted by atomic mass is 9.93. The first kappa shape index (κ1) is 13.2. The summed E-state index contributed by atoms with van der Waals surface area (Å²) in [6, 6.07) is 15.0. The zero-order valence-electron chi connectivity index (χ0n) is 15.6. The first-order chi connectivity index (χ1) is 12.0. The molecule has 23 heavy (non-hydrogen) atoms. The van der Waals surface area contributed by atoms with Gasteiger partial charge < -0.3 is 0 Å². The average Bonchev–Trinajstić information content (AvgIpc) is 3.25. The number of halogens is 1. The van der Waals surface area contributed by atoms with Crippen LogP contribution in [0, 0.1) is 0 Å². The summed E-state index contributed by atoms with van der Waals surface area (Å²) in [7, 11) is 0. The second-order valence-electron chi connectivity index (χ2n) is 6.89. The van der Waals surface area contributed by atoms with Gasteiger partial charge in [-0.1, -0.05) is 78.0 Å². The Balaban J connectivity index is 1.61. The normalized spacial score (nSPS) is 23.5. The Morgan fingerprint density at radius 3 is 1.83 bits per heavy atom. The van der Waals surface area contributed by atoms with Crippen molar-refractivity contribution >= 4 is 15.9 Å². The van der Waals surface area contributed by atoms with E-state index < -0.39 is 5.89 Å². The highest BCUT2D eigenvalue weighted by Crippen LogP contribution is 2.39. The molecular weight excluding hydrogens is 344 g/mol. The summed E-state index contributed by atoms with van der Waals surface area (Å²) in [5.74, 6) is -0.773. The minimum absolute atomic E-state index is 0.375. The van der Waals surface area contributed by atoms with Crippen molar-refractivity contribution in [3.63, 3.8) is 0 Å². The molecule has 2 aromatic carbocycles. The Morgan fingerprint density at radius 1 is 0.739 bits per heavy atom. The highest BCUT2D eigenvalue weighted by atomic mass is 79.9. The van der Waals surface area contributed by atoms with Crippen molar-refractivity contribution in [3.8, 4) is 11.1 Å². The van der Waals surface area contributed by atoms with E-state index in [1.165, 1.54) is 36.8 Å². The van der Waals surface area contributed by atoms with Crippen molar-refractivity contribution in [2.45, 2.75) is 63.2 Å². The van der Waals surface area contributed by atoms with Crippen molar-refractivity contribution in [2.75, 3.05) is 0 Å². The predicted octanol–water partition coefficient (Wildman–Crippen LogP) is 7.43. The largest absolute Gasteiger partial charge is 0.0581 e. The molecule has 2 fully saturated rings. The van der Waals surface area contributed by atoms with Crippen molar-refractivity contribution in [1.29, 1.82) is 0 Å². The highest BCUT2D eigenvalue weighted by Gasteiger charge is 2.19. The quantitative estimate of drug-likeness (QED) is 0.526. The molecule has 2 aliphatic carbocycles. The summed E-state index contributed by atoms with van der Waals surface area (Å²) in [5, 5.41) is 0. The van der Waals surface area contributed by atoms with Crippen LogP contribution in [0.15, 0.2) is 46.9 Å². The summed E-state index contributed by atoms with van der Waals surface area (Å²) in [6.45, 7) is 0. The van der Waals surface area contributed by atoms with E-state index in [0.29, 0.717) is 0 Å². The lowest BCUT2D eigenvalue weighted by molar-refractivity contribution is 0.722. The Morgan fingerprint density at radius 2 is 1.26 bits per heavy atom. The predicted molar refractivity (Wildman–Crippen MR) is 102 cm³/mol. The van der Waals surface area contributed by atoms with E-state index in [-0.39, 0.29) is 5.89 Å². The highest BCUT2D eigenvalue weighted by molar-refractivity contribution is 9.10. The summed E-state index contributed by atoms with van der Waals surface area (Å²) < 4.78 is 18.4. The van der Waals surface area contributed by atoms with Gasteiger partial charge in [0.2, 0.25) is 0 Å². The molecule has 0 heterocycles. The van der Waals surface area contributed by atoms with Crippen LogP contribution < -0.4 is 0 Å². The standard InChI is InChI=1S/C22H25Br/c23-22-15-20(17-7-3-4-8-17)13-14-21(22)19-11-9-18(10-12-19)16-5-1-2-6-16/h9-17H,1-8H2/i16D,17D. The van der Waals surface area contributed by atoms with Crippen molar-refractivity contribution < 1.29 is 2.74 Å². The van der Waals surface area contributed by atoms with E-state index in [1.54, 1.807) is 0 Å². The zero-order chi connectivity index (χ0) is 17.5. The van der Waals surface area contributed by atoms with Crippen LogP contribution in [0.2, 0.25) is 0 Å². The molecule has 0 spiro atoms. The van der Waals surface area contributed by atoms with E-state index in [2.05, 4.69) is 58.4 Å². The molecule has 0 radical (unpaired) electrons. The third-order valence-corrected chi connectivity index (χ3v) is 6.05. The van der Waals surface area contributed by atoms with Gasteiger partial charge in [0.25, 0.3) is 0 Å². The van der Waals surface area contributed by atoms with E-state index in [4.69, 9.17) is 2.74 Å². The Kier molecular flexibility index (Phi) is 3.92. The lowest BCUT2D eigenvalue weighted by Crippen LogP contribution is -1.94. The van der Waals surface area contributed by atoms with Crippen LogP contribution in [0.1, 0.15) is 77.0 Å². The summed E-state index contributed by atoms with van der Waals surface area (Å²) in [4.78, 5) is 0. The van der Waals surface area contributed by atoms with Crippen LogP contribution in [0.25, 0.3) is 11.1 Å². The van der Waals surface area contributed by atoms with Gasteiger partial charge in [0.15, 0.2) is 0 Å². The van der Waals surface area contributed by atoms with Crippen LogP contribution >= 0.6 is 15.9 Å². The first-order valence-corrected chi connectivity index (χ1v) is 9.71. The minimum atomic E-state index is -0.398. The first-order valence-electron chi connectivity index (χ1n) is 9.91. The molecule has 0 aliphatic heterocycles. The third-order valence-electron chi connectivity index (χ3n) is 5.40. The third kappa shape index (κ3) is 3.26. The molecule has 0 atom stereocenters. The zero-order valence-corrected chi connectivity index (χ0v) is 15.2. The fourth-order valence-corrected chi connectivity index (χ4v) is 4.64. The Bertz CT molecular complexity index is 754. The Hall–Kier alpha value is -1.08. The number of hydrogen-bond donors (Lipinski definition) is 0.